The van der Waals surface area contributed by atoms with E-state index in [4.69, 9.17) is 9.47 Å². The minimum absolute atomic E-state index is 0.0179. The monoisotopic (exact) mass is 498 g/mol. The molecule has 0 saturated carbocycles. The van der Waals surface area contributed by atoms with Gasteiger partial charge in [0.1, 0.15) is 18.2 Å². The van der Waals surface area contributed by atoms with Crippen LogP contribution in [-0.4, -0.2) is 36.5 Å². The highest BCUT2D eigenvalue weighted by Crippen LogP contribution is 2.30. The van der Waals surface area contributed by atoms with E-state index in [1.165, 1.54) is 20.1 Å². The molecule has 0 aliphatic carbocycles. The lowest BCUT2D eigenvalue weighted by Gasteiger charge is -2.12. The van der Waals surface area contributed by atoms with E-state index in [2.05, 4.69) is 14.7 Å². The zero-order valence-corrected chi connectivity index (χ0v) is 20.4. The van der Waals surface area contributed by atoms with Crippen LogP contribution >= 0.6 is 11.5 Å². The number of aryl methyl sites for hydroxylation is 1. The molecule has 1 heterocycles. The Kier molecular flexibility index (Phi) is 7.99. The smallest absolute Gasteiger partial charge is 0.268 e. The number of hydrogen-bond acceptors (Lipinski definition) is 9. The Morgan fingerprint density at radius 3 is 2.71 bits per heavy atom. The maximum Gasteiger partial charge on any atom is 0.268 e. The molecule has 3 aromatic rings. The van der Waals surface area contributed by atoms with Crippen molar-refractivity contribution in [1.82, 2.24) is 9.36 Å². The first kappa shape index (κ1) is 24.9. The van der Waals surface area contributed by atoms with Crippen LogP contribution in [0.25, 0.3) is 6.08 Å². The molecule has 176 valence electrons. The Morgan fingerprint density at radius 2 is 2.03 bits per heavy atom. The van der Waals surface area contributed by atoms with Gasteiger partial charge in [-0.2, -0.15) is 14.6 Å². The Balaban J connectivity index is 1.75. The number of nitrogens with one attached hydrogen (secondary N) is 1. The summed E-state index contributed by atoms with van der Waals surface area (Å²) >= 11 is 0.721. The first-order valence-corrected chi connectivity index (χ1v) is 12.5. The molecule has 0 unspecified atom stereocenters. The van der Waals surface area contributed by atoms with E-state index in [9.17, 15) is 18.5 Å². The summed E-state index contributed by atoms with van der Waals surface area (Å²) in [4.78, 5) is 16.3. The fourth-order valence-corrected chi connectivity index (χ4v) is 4.44. The first-order chi connectivity index (χ1) is 16.2. The summed E-state index contributed by atoms with van der Waals surface area (Å²) in [6.45, 7) is 3.83. The molecule has 1 N–H and O–H groups in total. The molecular weight excluding hydrogens is 476 g/mol. The molecule has 1 amide bonds. The highest BCUT2D eigenvalue weighted by atomic mass is 32.2. The van der Waals surface area contributed by atoms with Crippen molar-refractivity contribution < 1.29 is 22.7 Å². The van der Waals surface area contributed by atoms with Crippen molar-refractivity contribution >= 4 is 38.5 Å². The van der Waals surface area contributed by atoms with Crippen LogP contribution in [0, 0.1) is 18.3 Å². The van der Waals surface area contributed by atoms with E-state index in [1.807, 2.05) is 37.3 Å². The Morgan fingerprint density at radius 1 is 1.24 bits per heavy atom. The largest absolute Gasteiger partial charge is 0.493 e. The predicted molar refractivity (Wildman–Crippen MR) is 128 cm³/mol. The SMILES string of the molecule is CCS(=O)(=O)c1nsc(NC(=O)/C(C#N)=C\c2ccc(OCc3cccc(C)c3)c(OC)c2)n1. The van der Waals surface area contributed by atoms with Crippen LogP contribution < -0.4 is 14.8 Å². The summed E-state index contributed by atoms with van der Waals surface area (Å²) in [5.74, 6) is 0.0608. The number of benzene rings is 2. The number of methoxy groups -OCH3 is 1. The van der Waals surface area contributed by atoms with Gasteiger partial charge in [-0.05, 0) is 36.3 Å². The molecule has 11 heteroatoms. The van der Waals surface area contributed by atoms with Gasteiger partial charge in [-0.15, -0.1) is 0 Å². The number of rotatable bonds is 9. The van der Waals surface area contributed by atoms with Crippen molar-refractivity contribution in [2.24, 2.45) is 0 Å². The Hall–Kier alpha value is -3.75. The van der Waals surface area contributed by atoms with Gasteiger partial charge >= 0.3 is 0 Å². The molecule has 0 spiro atoms. The number of carbonyl (C=O) groups excluding carboxylic acids is 1. The zero-order valence-electron chi connectivity index (χ0n) is 18.7. The first-order valence-electron chi connectivity index (χ1n) is 10.1. The van der Waals surface area contributed by atoms with Crippen LogP contribution in [0.2, 0.25) is 0 Å². The molecule has 3 rings (SSSR count). The molecule has 0 aliphatic rings. The van der Waals surface area contributed by atoms with Gasteiger partial charge in [-0.25, -0.2) is 8.42 Å². The lowest BCUT2D eigenvalue weighted by atomic mass is 10.1. The quantitative estimate of drug-likeness (QED) is 0.348. The standard InChI is InChI=1S/C23H22N4O5S2/c1-4-34(29,30)23-26-22(33-27-23)25-21(28)18(13-24)11-16-8-9-19(20(12-16)31-3)32-14-17-7-5-6-15(2)10-17/h5-12H,4,14H2,1-3H3,(H,25,26,27,28)/b18-11-. The van der Waals surface area contributed by atoms with Gasteiger partial charge < -0.3 is 9.47 Å². The summed E-state index contributed by atoms with van der Waals surface area (Å²) in [5, 5.41) is 11.5. The van der Waals surface area contributed by atoms with Crippen molar-refractivity contribution in [3.63, 3.8) is 0 Å². The maximum absolute atomic E-state index is 12.5. The van der Waals surface area contributed by atoms with Crippen LogP contribution in [-0.2, 0) is 21.2 Å². The van der Waals surface area contributed by atoms with Gasteiger partial charge in [-0.1, -0.05) is 42.8 Å². The van der Waals surface area contributed by atoms with E-state index in [0.29, 0.717) is 23.7 Å². The van der Waals surface area contributed by atoms with Gasteiger partial charge in [0.05, 0.1) is 12.9 Å². The third-order valence-electron chi connectivity index (χ3n) is 4.63. The molecule has 0 aliphatic heterocycles. The van der Waals surface area contributed by atoms with Crippen molar-refractivity contribution in [1.29, 1.82) is 5.26 Å². The van der Waals surface area contributed by atoms with Crippen LogP contribution in [0.5, 0.6) is 11.5 Å². The summed E-state index contributed by atoms with van der Waals surface area (Å²) in [7, 11) is -2.09. The number of carbonyl (C=O) groups is 1. The van der Waals surface area contributed by atoms with E-state index >= 15 is 0 Å². The summed E-state index contributed by atoms with van der Waals surface area (Å²) in [6, 6.07) is 14.8. The molecule has 0 atom stereocenters. The van der Waals surface area contributed by atoms with Gasteiger partial charge in [-0.3, -0.25) is 10.1 Å². The molecule has 2 aromatic carbocycles. The van der Waals surface area contributed by atoms with E-state index in [0.717, 1.165) is 22.7 Å². The van der Waals surface area contributed by atoms with Crippen LogP contribution in [0.1, 0.15) is 23.6 Å². The van der Waals surface area contributed by atoms with E-state index < -0.39 is 15.7 Å². The second kappa shape index (κ2) is 10.9. The minimum atomic E-state index is -3.59. The topological polar surface area (TPSA) is 131 Å². The highest BCUT2D eigenvalue weighted by Gasteiger charge is 2.20. The van der Waals surface area contributed by atoms with Crippen LogP contribution in [0.4, 0.5) is 5.13 Å². The normalized spacial score (nSPS) is 11.5. The maximum atomic E-state index is 12.5. The number of hydrogen-bond donors (Lipinski definition) is 1. The minimum Gasteiger partial charge on any atom is -0.493 e. The molecule has 9 nitrogen and oxygen atoms in total. The van der Waals surface area contributed by atoms with Crippen molar-refractivity contribution in [3.05, 3.63) is 64.7 Å². The fraction of sp³-hybridized carbons (Fsp3) is 0.217. The third kappa shape index (κ3) is 6.18. The van der Waals surface area contributed by atoms with Gasteiger partial charge in [0, 0.05) is 11.5 Å². The van der Waals surface area contributed by atoms with Gasteiger partial charge in [0.15, 0.2) is 11.5 Å². The molecular formula is C23H22N4O5S2. The Labute approximate surface area is 201 Å². The third-order valence-corrected chi connectivity index (χ3v) is 6.87. The average Bonchev–Trinajstić information content (AvgIpc) is 3.30. The molecule has 0 radical (unpaired) electrons. The lowest BCUT2D eigenvalue weighted by molar-refractivity contribution is -0.112. The number of nitriles is 1. The van der Waals surface area contributed by atoms with Crippen LogP contribution in [0.15, 0.2) is 53.2 Å². The van der Waals surface area contributed by atoms with E-state index in [1.54, 1.807) is 18.2 Å². The predicted octanol–water partition coefficient (Wildman–Crippen LogP) is 3.77. The molecule has 1 aromatic heterocycles. The van der Waals surface area contributed by atoms with Crippen LogP contribution in [0.3, 0.4) is 0 Å². The molecule has 0 bridgehead atoms. The van der Waals surface area contributed by atoms with Crippen molar-refractivity contribution in [2.75, 3.05) is 18.2 Å². The zero-order chi connectivity index (χ0) is 24.7. The molecule has 0 saturated heterocycles. The lowest BCUT2D eigenvalue weighted by Crippen LogP contribution is -2.13. The second-order valence-corrected chi connectivity index (χ2v) is 10.0. The highest BCUT2D eigenvalue weighted by molar-refractivity contribution is 7.91. The average molecular weight is 499 g/mol. The Bertz CT molecular complexity index is 1370. The summed E-state index contributed by atoms with van der Waals surface area (Å²) in [5.41, 5.74) is 2.48. The molecule has 34 heavy (non-hydrogen) atoms. The summed E-state index contributed by atoms with van der Waals surface area (Å²) in [6.07, 6.45) is 1.38. The van der Waals surface area contributed by atoms with Gasteiger partial charge in [0.2, 0.25) is 15.0 Å². The number of sulfone groups is 1. The number of anilines is 1. The molecule has 0 fully saturated rings. The number of ether oxygens (including phenoxy) is 2. The number of aromatic nitrogens is 2. The summed E-state index contributed by atoms with van der Waals surface area (Å²) < 4.78 is 38.7. The van der Waals surface area contributed by atoms with Crippen molar-refractivity contribution in [2.45, 2.75) is 25.6 Å². The van der Waals surface area contributed by atoms with E-state index in [-0.39, 0.29) is 21.6 Å². The second-order valence-electron chi connectivity index (χ2n) is 7.10. The number of amides is 1. The van der Waals surface area contributed by atoms with Gasteiger partial charge in [0.25, 0.3) is 11.1 Å². The fourth-order valence-electron chi connectivity index (χ4n) is 2.85. The van der Waals surface area contributed by atoms with Crippen molar-refractivity contribution in [3.8, 4) is 17.6 Å². The number of nitrogens with zero attached hydrogens (tertiary/aromatic N) is 3.